The maximum atomic E-state index is 4.18. The Kier molecular flexibility index (Phi) is 2.37. The summed E-state index contributed by atoms with van der Waals surface area (Å²) in [7, 11) is 1.86. The van der Waals surface area contributed by atoms with E-state index in [2.05, 4.69) is 27.0 Å². The summed E-state index contributed by atoms with van der Waals surface area (Å²) in [5, 5.41) is 8.26. The number of fused-ring (bicyclic) bond motifs is 1. The molecule has 0 aliphatic rings. The van der Waals surface area contributed by atoms with Crippen LogP contribution >= 0.6 is 0 Å². The SMILES string of the molecule is C=C(C)CNc1ncnc2c1cnn2C. The van der Waals surface area contributed by atoms with Crippen LogP contribution in [0.2, 0.25) is 0 Å². The van der Waals surface area contributed by atoms with Gasteiger partial charge in [0.25, 0.3) is 0 Å². The van der Waals surface area contributed by atoms with Gasteiger partial charge >= 0.3 is 0 Å². The van der Waals surface area contributed by atoms with Gasteiger partial charge in [0, 0.05) is 13.6 Å². The summed E-state index contributed by atoms with van der Waals surface area (Å²) in [5.41, 5.74) is 1.89. The van der Waals surface area contributed by atoms with Gasteiger partial charge in [-0.2, -0.15) is 5.10 Å². The number of nitrogens with one attached hydrogen (secondary N) is 1. The molecule has 0 fully saturated rings. The van der Waals surface area contributed by atoms with Crippen molar-refractivity contribution < 1.29 is 0 Å². The maximum Gasteiger partial charge on any atom is 0.163 e. The van der Waals surface area contributed by atoms with Gasteiger partial charge < -0.3 is 5.32 Å². The van der Waals surface area contributed by atoms with Gasteiger partial charge in [-0.15, -0.1) is 0 Å². The summed E-state index contributed by atoms with van der Waals surface area (Å²) in [6.07, 6.45) is 3.29. The van der Waals surface area contributed by atoms with Crippen LogP contribution in [0.1, 0.15) is 6.92 Å². The van der Waals surface area contributed by atoms with E-state index in [4.69, 9.17) is 0 Å². The summed E-state index contributed by atoms with van der Waals surface area (Å²) in [6.45, 7) is 6.50. The summed E-state index contributed by atoms with van der Waals surface area (Å²) in [5.74, 6) is 0.802. The largest absolute Gasteiger partial charge is 0.366 e. The third-order valence-electron chi connectivity index (χ3n) is 2.09. The van der Waals surface area contributed by atoms with Crippen molar-refractivity contribution in [1.82, 2.24) is 19.7 Å². The van der Waals surface area contributed by atoms with Crippen LogP contribution in [-0.4, -0.2) is 26.3 Å². The monoisotopic (exact) mass is 203 g/mol. The number of aryl methyl sites for hydroxylation is 1. The first-order chi connectivity index (χ1) is 7.18. The Bertz CT molecular complexity index is 499. The summed E-state index contributed by atoms with van der Waals surface area (Å²) < 4.78 is 1.73. The maximum absolute atomic E-state index is 4.18. The van der Waals surface area contributed by atoms with E-state index in [1.54, 1.807) is 10.9 Å². The van der Waals surface area contributed by atoms with Crippen LogP contribution in [0.15, 0.2) is 24.7 Å². The van der Waals surface area contributed by atoms with E-state index in [1.165, 1.54) is 6.33 Å². The van der Waals surface area contributed by atoms with Crippen LogP contribution in [0.4, 0.5) is 5.82 Å². The molecule has 0 aliphatic carbocycles. The highest BCUT2D eigenvalue weighted by atomic mass is 15.3. The zero-order chi connectivity index (χ0) is 10.8. The molecule has 0 radical (unpaired) electrons. The van der Waals surface area contributed by atoms with Crippen LogP contribution in [0.3, 0.4) is 0 Å². The fourth-order valence-electron chi connectivity index (χ4n) is 1.34. The predicted octanol–water partition coefficient (Wildman–Crippen LogP) is 1.35. The molecule has 2 aromatic heterocycles. The highest BCUT2D eigenvalue weighted by Crippen LogP contribution is 2.17. The number of aromatic nitrogens is 4. The predicted molar refractivity (Wildman–Crippen MR) is 59.6 cm³/mol. The lowest BCUT2D eigenvalue weighted by atomic mass is 10.3. The average molecular weight is 203 g/mol. The second kappa shape index (κ2) is 3.68. The number of hydrogen-bond donors (Lipinski definition) is 1. The minimum Gasteiger partial charge on any atom is -0.366 e. The molecule has 0 aliphatic heterocycles. The minimum absolute atomic E-state index is 0.709. The molecule has 0 atom stereocenters. The molecular weight excluding hydrogens is 190 g/mol. The number of anilines is 1. The van der Waals surface area contributed by atoms with Crippen molar-refractivity contribution in [2.24, 2.45) is 7.05 Å². The van der Waals surface area contributed by atoms with Crippen molar-refractivity contribution in [3.63, 3.8) is 0 Å². The van der Waals surface area contributed by atoms with E-state index in [1.807, 2.05) is 14.0 Å². The van der Waals surface area contributed by atoms with Crippen molar-refractivity contribution in [3.05, 3.63) is 24.7 Å². The van der Waals surface area contributed by atoms with Gasteiger partial charge in [-0.25, -0.2) is 9.97 Å². The molecule has 5 heteroatoms. The molecule has 0 bridgehead atoms. The van der Waals surface area contributed by atoms with Gasteiger partial charge in [0.2, 0.25) is 0 Å². The standard InChI is InChI=1S/C10H13N5/c1-7(2)4-11-9-8-5-14-15(3)10(8)13-6-12-9/h5-6H,1,4H2,2-3H3,(H,11,12,13). The topological polar surface area (TPSA) is 55.6 Å². The molecule has 0 spiro atoms. The summed E-state index contributed by atoms with van der Waals surface area (Å²) in [4.78, 5) is 8.33. The first kappa shape index (κ1) is 9.64. The van der Waals surface area contributed by atoms with Crippen LogP contribution in [-0.2, 0) is 7.05 Å². The van der Waals surface area contributed by atoms with Crippen LogP contribution in [0.25, 0.3) is 11.0 Å². The van der Waals surface area contributed by atoms with Gasteiger partial charge in [0.05, 0.1) is 11.6 Å². The Morgan fingerprint density at radius 1 is 1.53 bits per heavy atom. The molecule has 0 aromatic carbocycles. The van der Waals surface area contributed by atoms with Gasteiger partial charge in [-0.3, -0.25) is 4.68 Å². The van der Waals surface area contributed by atoms with Gasteiger partial charge in [-0.05, 0) is 6.92 Å². The first-order valence-electron chi connectivity index (χ1n) is 4.69. The summed E-state index contributed by atoms with van der Waals surface area (Å²) >= 11 is 0. The van der Waals surface area contributed by atoms with Crippen molar-refractivity contribution in [2.75, 3.05) is 11.9 Å². The first-order valence-corrected chi connectivity index (χ1v) is 4.69. The minimum atomic E-state index is 0.709. The Morgan fingerprint density at radius 2 is 2.33 bits per heavy atom. The third kappa shape index (κ3) is 1.81. The molecule has 2 aromatic rings. The molecule has 2 rings (SSSR count). The van der Waals surface area contributed by atoms with E-state index in [0.717, 1.165) is 22.4 Å². The molecule has 0 amide bonds. The van der Waals surface area contributed by atoms with Crippen molar-refractivity contribution in [3.8, 4) is 0 Å². The Labute approximate surface area is 87.8 Å². The number of nitrogens with zero attached hydrogens (tertiary/aromatic N) is 4. The fourth-order valence-corrected chi connectivity index (χ4v) is 1.34. The van der Waals surface area contributed by atoms with Crippen molar-refractivity contribution in [1.29, 1.82) is 0 Å². The Morgan fingerprint density at radius 3 is 3.07 bits per heavy atom. The smallest absolute Gasteiger partial charge is 0.163 e. The quantitative estimate of drug-likeness (QED) is 0.765. The van der Waals surface area contributed by atoms with E-state index >= 15 is 0 Å². The van der Waals surface area contributed by atoms with E-state index < -0.39 is 0 Å². The van der Waals surface area contributed by atoms with E-state index in [-0.39, 0.29) is 0 Å². The Balaban J connectivity index is 2.38. The summed E-state index contributed by atoms with van der Waals surface area (Å²) in [6, 6.07) is 0. The fraction of sp³-hybridized carbons (Fsp3) is 0.300. The number of hydrogen-bond acceptors (Lipinski definition) is 4. The molecule has 0 saturated carbocycles. The molecule has 0 unspecified atom stereocenters. The molecule has 0 saturated heterocycles. The van der Waals surface area contributed by atoms with Crippen LogP contribution in [0, 0.1) is 0 Å². The Hall–Kier alpha value is -1.91. The normalized spacial score (nSPS) is 10.5. The molecular formula is C10H13N5. The van der Waals surface area contributed by atoms with Gasteiger partial charge in [-0.1, -0.05) is 12.2 Å². The van der Waals surface area contributed by atoms with E-state index in [0.29, 0.717) is 6.54 Å². The highest BCUT2D eigenvalue weighted by molar-refractivity contribution is 5.85. The lowest BCUT2D eigenvalue weighted by Gasteiger charge is -2.05. The zero-order valence-corrected chi connectivity index (χ0v) is 8.86. The van der Waals surface area contributed by atoms with Crippen LogP contribution in [0.5, 0.6) is 0 Å². The van der Waals surface area contributed by atoms with Gasteiger partial charge in [0.1, 0.15) is 12.1 Å². The molecule has 15 heavy (non-hydrogen) atoms. The number of rotatable bonds is 3. The second-order valence-electron chi connectivity index (χ2n) is 3.54. The second-order valence-corrected chi connectivity index (χ2v) is 3.54. The lowest BCUT2D eigenvalue weighted by molar-refractivity contribution is 0.785. The highest BCUT2D eigenvalue weighted by Gasteiger charge is 2.06. The molecule has 2 heterocycles. The van der Waals surface area contributed by atoms with E-state index in [9.17, 15) is 0 Å². The lowest BCUT2D eigenvalue weighted by Crippen LogP contribution is -2.04. The van der Waals surface area contributed by atoms with Gasteiger partial charge in [0.15, 0.2) is 5.65 Å². The molecule has 78 valence electrons. The average Bonchev–Trinajstić information content (AvgIpc) is 2.58. The van der Waals surface area contributed by atoms with Crippen molar-refractivity contribution in [2.45, 2.75) is 6.92 Å². The molecule has 1 N–H and O–H groups in total. The van der Waals surface area contributed by atoms with Crippen molar-refractivity contribution >= 4 is 16.9 Å². The third-order valence-corrected chi connectivity index (χ3v) is 2.09. The van der Waals surface area contributed by atoms with Crippen LogP contribution < -0.4 is 5.32 Å². The zero-order valence-electron chi connectivity index (χ0n) is 8.86. The molecule has 5 nitrogen and oxygen atoms in total.